The maximum atomic E-state index is 10.7. The van der Waals surface area contributed by atoms with Gasteiger partial charge in [-0.05, 0) is 17.6 Å². The van der Waals surface area contributed by atoms with Gasteiger partial charge in [0.15, 0.2) is 0 Å². The quantitative estimate of drug-likeness (QED) is 0.346. The summed E-state index contributed by atoms with van der Waals surface area (Å²) in [7, 11) is 0. The second-order valence-electron chi connectivity index (χ2n) is 1.83. The Balaban J connectivity index is 2.93. The van der Waals surface area contributed by atoms with Gasteiger partial charge in [0.1, 0.15) is 0 Å². The van der Waals surface area contributed by atoms with Crippen molar-refractivity contribution in [2.75, 3.05) is 0 Å². The Hall–Kier alpha value is -1.81. The normalized spacial score (nSPS) is 8.82. The second-order valence-corrected chi connectivity index (χ2v) is 1.83. The van der Waals surface area contributed by atoms with E-state index in [1.807, 2.05) is 0 Å². The number of nitrogens with zero attached hydrogens (tertiary/aromatic N) is 4. The summed E-state index contributed by atoms with van der Waals surface area (Å²) in [6.07, 6.45) is 0. The molecule has 0 bridgehead atoms. The van der Waals surface area contributed by atoms with E-state index < -0.39 is 5.91 Å². The molecular formula is C5H4N4O2. The van der Waals surface area contributed by atoms with Crippen LogP contribution in [0.5, 0.6) is 0 Å². The van der Waals surface area contributed by atoms with Gasteiger partial charge >= 0.3 is 0 Å². The lowest BCUT2D eigenvalue weighted by Crippen LogP contribution is -1.88. The number of amides is 1. The minimum absolute atomic E-state index is 0.0414. The lowest BCUT2D eigenvalue weighted by molar-refractivity contribution is 0.0965. The van der Waals surface area contributed by atoms with E-state index in [1.165, 1.54) is 6.07 Å². The third kappa shape index (κ3) is 1.56. The lowest BCUT2D eigenvalue weighted by Gasteiger charge is -1.78. The molecule has 0 saturated heterocycles. The van der Waals surface area contributed by atoms with Gasteiger partial charge in [0.2, 0.25) is 5.76 Å². The third-order valence-electron chi connectivity index (χ3n) is 0.974. The van der Waals surface area contributed by atoms with Gasteiger partial charge in [-0.25, -0.2) is 0 Å². The molecule has 0 fully saturated rings. The first kappa shape index (κ1) is 7.30. The van der Waals surface area contributed by atoms with Crippen LogP contribution in [0.15, 0.2) is 15.7 Å². The van der Waals surface area contributed by atoms with Crippen LogP contribution >= 0.6 is 0 Å². The Kier molecular flexibility index (Phi) is 1.89. The van der Waals surface area contributed by atoms with Crippen molar-refractivity contribution in [3.63, 3.8) is 0 Å². The van der Waals surface area contributed by atoms with Crippen LogP contribution in [-0.4, -0.2) is 11.1 Å². The van der Waals surface area contributed by atoms with Crippen molar-refractivity contribution in [3.8, 4) is 0 Å². The maximum absolute atomic E-state index is 10.7. The van der Waals surface area contributed by atoms with Crippen LogP contribution in [-0.2, 0) is 0 Å². The standard InChI is InChI=1S/C5H4N4O2/c1-3-2-4(11-8-3)5(10)7-9-6/h2H,1H3. The van der Waals surface area contributed by atoms with Crippen LogP contribution in [0.2, 0.25) is 0 Å². The molecule has 1 amide bonds. The molecule has 0 spiro atoms. The fraction of sp³-hybridized carbons (Fsp3) is 0.200. The minimum atomic E-state index is -0.756. The number of aryl methyl sites for hydroxylation is 1. The molecule has 1 aromatic rings. The highest BCUT2D eigenvalue weighted by Crippen LogP contribution is 2.03. The minimum Gasteiger partial charge on any atom is -0.353 e. The fourth-order valence-electron chi connectivity index (χ4n) is 0.554. The molecule has 1 rings (SSSR count). The number of hydrogen-bond acceptors (Lipinski definition) is 3. The number of hydrogen-bond donors (Lipinski definition) is 0. The van der Waals surface area contributed by atoms with Gasteiger partial charge < -0.3 is 4.52 Å². The molecule has 0 aromatic carbocycles. The second kappa shape index (κ2) is 2.85. The summed E-state index contributed by atoms with van der Waals surface area (Å²) in [5.74, 6) is -0.798. The maximum Gasteiger partial charge on any atom is 0.287 e. The van der Waals surface area contributed by atoms with Gasteiger partial charge in [0, 0.05) is 11.0 Å². The van der Waals surface area contributed by atoms with E-state index in [1.54, 1.807) is 6.92 Å². The zero-order valence-corrected chi connectivity index (χ0v) is 5.68. The van der Waals surface area contributed by atoms with Crippen molar-refractivity contribution in [3.05, 3.63) is 28.0 Å². The van der Waals surface area contributed by atoms with Crippen LogP contribution in [0, 0.1) is 6.92 Å². The van der Waals surface area contributed by atoms with Crippen molar-refractivity contribution in [1.29, 1.82) is 0 Å². The van der Waals surface area contributed by atoms with Crippen LogP contribution in [0.25, 0.3) is 10.4 Å². The zero-order chi connectivity index (χ0) is 8.27. The average molecular weight is 152 g/mol. The summed E-state index contributed by atoms with van der Waals surface area (Å²) in [6, 6.07) is 1.40. The number of carbonyl (C=O) groups excluding carboxylic acids is 1. The highest BCUT2D eigenvalue weighted by Gasteiger charge is 2.07. The van der Waals surface area contributed by atoms with Crippen LogP contribution in [0.4, 0.5) is 0 Å². The van der Waals surface area contributed by atoms with Gasteiger partial charge in [-0.15, -0.1) is 0 Å². The first-order chi connectivity index (χ1) is 5.24. The highest BCUT2D eigenvalue weighted by atomic mass is 16.5. The van der Waals surface area contributed by atoms with Crippen LogP contribution in [0.3, 0.4) is 0 Å². The molecule has 0 saturated carbocycles. The molecule has 0 aliphatic rings. The molecule has 11 heavy (non-hydrogen) atoms. The summed E-state index contributed by atoms with van der Waals surface area (Å²) in [6.45, 7) is 1.66. The van der Waals surface area contributed by atoms with E-state index >= 15 is 0 Å². The topological polar surface area (TPSA) is 91.9 Å². The lowest BCUT2D eigenvalue weighted by atomic mass is 10.4. The molecule has 0 radical (unpaired) electrons. The van der Waals surface area contributed by atoms with Crippen molar-refractivity contribution >= 4 is 5.91 Å². The molecule has 56 valence electrons. The summed E-state index contributed by atoms with van der Waals surface area (Å²) in [5, 5.41) is 6.26. The first-order valence-corrected chi connectivity index (χ1v) is 2.77. The molecule has 0 N–H and O–H groups in total. The largest absolute Gasteiger partial charge is 0.353 e. The van der Waals surface area contributed by atoms with Gasteiger partial charge in [-0.1, -0.05) is 5.16 Å². The van der Waals surface area contributed by atoms with Crippen molar-refractivity contribution in [2.24, 2.45) is 5.11 Å². The van der Waals surface area contributed by atoms with Gasteiger partial charge in [-0.3, -0.25) is 4.79 Å². The molecule has 0 atom stereocenters. The molecule has 1 heterocycles. The molecule has 6 heteroatoms. The highest BCUT2D eigenvalue weighted by molar-refractivity contribution is 5.91. The fourth-order valence-corrected chi connectivity index (χ4v) is 0.554. The Morgan fingerprint density at radius 2 is 2.64 bits per heavy atom. The van der Waals surface area contributed by atoms with E-state index in [2.05, 4.69) is 19.7 Å². The molecule has 0 aliphatic carbocycles. The Morgan fingerprint density at radius 1 is 1.91 bits per heavy atom. The molecule has 0 aliphatic heterocycles. The van der Waals surface area contributed by atoms with E-state index in [0.717, 1.165) is 0 Å². The van der Waals surface area contributed by atoms with E-state index in [9.17, 15) is 4.79 Å². The average Bonchev–Trinajstić information content (AvgIpc) is 2.36. The summed E-state index contributed by atoms with van der Waals surface area (Å²) < 4.78 is 4.51. The Morgan fingerprint density at radius 3 is 3.09 bits per heavy atom. The molecule has 1 aromatic heterocycles. The van der Waals surface area contributed by atoms with E-state index in [4.69, 9.17) is 5.53 Å². The molecule has 6 nitrogen and oxygen atoms in total. The van der Waals surface area contributed by atoms with Crippen molar-refractivity contribution in [1.82, 2.24) is 5.16 Å². The Bertz CT molecular complexity index is 323. The SMILES string of the molecule is Cc1cc(C(=O)N=[N+]=[N-])on1. The summed E-state index contributed by atoms with van der Waals surface area (Å²) >= 11 is 0. The van der Waals surface area contributed by atoms with Gasteiger partial charge in [0.05, 0.1) is 5.69 Å². The van der Waals surface area contributed by atoms with E-state index in [0.29, 0.717) is 5.69 Å². The zero-order valence-electron chi connectivity index (χ0n) is 5.68. The van der Waals surface area contributed by atoms with Gasteiger partial charge in [0.25, 0.3) is 5.91 Å². The monoisotopic (exact) mass is 152 g/mol. The third-order valence-corrected chi connectivity index (χ3v) is 0.974. The first-order valence-electron chi connectivity index (χ1n) is 2.77. The predicted molar refractivity (Wildman–Crippen MR) is 34.7 cm³/mol. The van der Waals surface area contributed by atoms with Gasteiger partial charge in [-0.2, -0.15) is 0 Å². The Labute approximate surface area is 61.4 Å². The number of aromatic nitrogens is 1. The number of carbonyl (C=O) groups is 1. The van der Waals surface area contributed by atoms with Crippen molar-refractivity contribution < 1.29 is 9.32 Å². The van der Waals surface area contributed by atoms with Crippen LogP contribution in [0.1, 0.15) is 16.2 Å². The number of rotatable bonds is 1. The smallest absolute Gasteiger partial charge is 0.287 e. The van der Waals surface area contributed by atoms with Crippen LogP contribution < -0.4 is 0 Å². The molecule has 0 unspecified atom stereocenters. The van der Waals surface area contributed by atoms with E-state index in [-0.39, 0.29) is 5.76 Å². The summed E-state index contributed by atoms with van der Waals surface area (Å²) in [5.41, 5.74) is 8.45. The van der Waals surface area contributed by atoms with Crippen molar-refractivity contribution in [2.45, 2.75) is 6.92 Å². The molecular weight excluding hydrogens is 148 g/mol. The number of azide groups is 1. The summed E-state index contributed by atoms with van der Waals surface area (Å²) in [4.78, 5) is 13.0. The predicted octanol–water partition coefficient (Wildman–Crippen LogP) is 1.43.